The number of anilines is 1. The molecule has 1 aromatic heterocycles. The highest BCUT2D eigenvalue weighted by Gasteiger charge is 2.20. The first kappa shape index (κ1) is 15.2. The molecule has 0 bridgehead atoms. The number of hydrogen-bond acceptors (Lipinski definition) is 4. The number of thiazole rings is 1. The molecule has 1 heterocycles. The van der Waals surface area contributed by atoms with Crippen LogP contribution in [0, 0.1) is 13.8 Å². The van der Waals surface area contributed by atoms with Gasteiger partial charge in [-0.05, 0) is 31.5 Å². The van der Waals surface area contributed by atoms with Crippen molar-refractivity contribution < 1.29 is 9.90 Å². The zero-order valence-corrected chi connectivity index (χ0v) is 13.6. The molecule has 0 aliphatic carbocycles. The lowest BCUT2D eigenvalue weighted by atomic mass is 10.1. The molecule has 0 fully saturated rings. The number of carboxylic acid groups (broad SMARTS) is 1. The van der Waals surface area contributed by atoms with Gasteiger partial charge in [-0.3, -0.25) is 0 Å². The van der Waals surface area contributed by atoms with Crippen molar-refractivity contribution in [3.63, 3.8) is 0 Å². The summed E-state index contributed by atoms with van der Waals surface area (Å²) in [7, 11) is 0. The van der Waals surface area contributed by atoms with Crippen LogP contribution in [0.25, 0.3) is 21.8 Å². The minimum atomic E-state index is -0.976. The Labute approximate surface area is 138 Å². The summed E-state index contributed by atoms with van der Waals surface area (Å²) in [5.74, 6) is -0.976. The second kappa shape index (κ2) is 5.85. The number of aryl methyl sites for hydroxylation is 2. The number of hydrogen-bond donors (Lipinski definition) is 2. The minimum absolute atomic E-state index is 0.227. The van der Waals surface area contributed by atoms with Crippen LogP contribution in [0.5, 0.6) is 0 Å². The summed E-state index contributed by atoms with van der Waals surface area (Å²) in [6, 6.07) is 13.4. The Bertz CT molecular complexity index is 900. The maximum atomic E-state index is 11.6. The van der Waals surface area contributed by atoms with Crippen molar-refractivity contribution in [1.29, 1.82) is 0 Å². The van der Waals surface area contributed by atoms with Gasteiger partial charge in [-0.2, -0.15) is 0 Å². The van der Waals surface area contributed by atoms with Crippen LogP contribution in [0.1, 0.15) is 20.8 Å². The Morgan fingerprint density at radius 3 is 2.57 bits per heavy atom. The quantitative estimate of drug-likeness (QED) is 0.701. The lowest BCUT2D eigenvalue weighted by Crippen LogP contribution is -1.96. The highest BCUT2D eigenvalue weighted by molar-refractivity contribution is 7.17. The minimum Gasteiger partial charge on any atom is -0.477 e. The SMILES string of the molecule is Cc1cccc(-c2nc(-c3ccc(C)c(N)c3)c(C(=O)O)s2)c1. The van der Waals surface area contributed by atoms with E-state index in [0.29, 0.717) is 16.4 Å². The number of nitrogen functional groups attached to an aromatic ring is 1. The van der Waals surface area contributed by atoms with E-state index in [4.69, 9.17) is 5.73 Å². The molecule has 0 saturated heterocycles. The molecule has 0 aliphatic rings. The predicted molar refractivity (Wildman–Crippen MR) is 93.8 cm³/mol. The van der Waals surface area contributed by atoms with E-state index in [9.17, 15) is 9.90 Å². The van der Waals surface area contributed by atoms with Gasteiger partial charge in [0.25, 0.3) is 0 Å². The normalized spacial score (nSPS) is 10.7. The zero-order chi connectivity index (χ0) is 16.6. The number of nitrogens with zero attached hydrogens (tertiary/aromatic N) is 1. The number of benzene rings is 2. The zero-order valence-electron chi connectivity index (χ0n) is 12.8. The molecular weight excluding hydrogens is 308 g/mol. The largest absolute Gasteiger partial charge is 0.477 e. The third kappa shape index (κ3) is 2.96. The van der Waals surface area contributed by atoms with Crippen molar-refractivity contribution in [2.75, 3.05) is 5.73 Å². The standard InChI is InChI=1S/C18H16N2O2S/c1-10-4-3-5-13(8-10)17-20-15(16(23-17)18(21)22)12-7-6-11(2)14(19)9-12/h3-9H,19H2,1-2H3,(H,21,22). The van der Waals surface area contributed by atoms with Gasteiger partial charge in [0.15, 0.2) is 0 Å². The van der Waals surface area contributed by atoms with Crippen LogP contribution < -0.4 is 5.73 Å². The average molecular weight is 324 g/mol. The fraction of sp³-hybridized carbons (Fsp3) is 0.111. The summed E-state index contributed by atoms with van der Waals surface area (Å²) < 4.78 is 0. The summed E-state index contributed by atoms with van der Waals surface area (Å²) in [4.78, 5) is 16.4. The molecule has 0 saturated carbocycles. The molecule has 23 heavy (non-hydrogen) atoms. The van der Waals surface area contributed by atoms with Crippen LogP contribution >= 0.6 is 11.3 Å². The van der Waals surface area contributed by atoms with Gasteiger partial charge in [0.2, 0.25) is 0 Å². The van der Waals surface area contributed by atoms with E-state index >= 15 is 0 Å². The van der Waals surface area contributed by atoms with Crippen molar-refractivity contribution in [2.45, 2.75) is 13.8 Å². The van der Waals surface area contributed by atoms with E-state index in [1.807, 2.05) is 50.2 Å². The summed E-state index contributed by atoms with van der Waals surface area (Å²) in [5.41, 5.74) is 10.8. The third-order valence-electron chi connectivity index (χ3n) is 3.64. The Kier molecular flexibility index (Phi) is 3.88. The molecule has 0 atom stereocenters. The molecule has 3 aromatic rings. The van der Waals surface area contributed by atoms with Gasteiger partial charge in [0, 0.05) is 16.8 Å². The smallest absolute Gasteiger partial charge is 0.348 e. The number of aromatic carboxylic acids is 1. The number of carbonyl (C=O) groups is 1. The van der Waals surface area contributed by atoms with E-state index in [-0.39, 0.29) is 4.88 Å². The van der Waals surface area contributed by atoms with Crippen molar-refractivity contribution in [1.82, 2.24) is 4.98 Å². The number of carboxylic acids is 1. The predicted octanol–water partition coefficient (Wildman–Crippen LogP) is 4.37. The Balaban J connectivity index is 2.16. The van der Waals surface area contributed by atoms with Gasteiger partial charge in [-0.25, -0.2) is 9.78 Å². The maximum Gasteiger partial charge on any atom is 0.348 e. The van der Waals surface area contributed by atoms with Crippen LogP contribution in [0.4, 0.5) is 5.69 Å². The van der Waals surface area contributed by atoms with E-state index in [0.717, 1.165) is 22.3 Å². The topological polar surface area (TPSA) is 76.2 Å². The fourth-order valence-electron chi connectivity index (χ4n) is 2.35. The van der Waals surface area contributed by atoms with E-state index < -0.39 is 5.97 Å². The first-order chi connectivity index (χ1) is 11.0. The molecular formula is C18H16N2O2S. The van der Waals surface area contributed by atoms with Crippen LogP contribution in [-0.4, -0.2) is 16.1 Å². The van der Waals surface area contributed by atoms with Crippen LogP contribution in [0.3, 0.4) is 0 Å². The summed E-state index contributed by atoms with van der Waals surface area (Å²) in [6.07, 6.45) is 0. The molecule has 0 spiro atoms. The van der Waals surface area contributed by atoms with Gasteiger partial charge in [0.1, 0.15) is 9.88 Å². The highest BCUT2D eigenvalue weighted by atomic mass is 32.1. The van der Waals surface area contributed by atoms with Crippen LogP contribution in [0.15, 0.2) is 42.5 Å². The van der Waals surface area contributed by atoms with E-state index in [1.165, 1.54) is 11.3 Å². The van der Waals surface area contributed by atoms with Crippen molar-refractivity contribution in [3.05, 3.63) is 58.5 Å². The van der Waals surface area contributed by atoms with Crippen LogP contribution in [0.2, 0.25) is 0 Å². The molecule has 3 N–H and O–H groups in total. The molecule has 0 unspecified atom stereocenters. The number of nitrogens with two attached hydrogens (primary N) is 1. The lowest BCUT2D eigenvalue weighted by Gasteiger charge is -2.03. The molecule has 0 amide bonds. The summed E-state index contributed by atoms with van der Waals surface area (Å²) in [5, 5.41) is 10.2. The number of rotatable bonds is 3. The molecule has 5 heteroatoms. The maximum absolute atomic E-state index is 11.6. The molecule has 4 nitrogen and oxygen atoms in total. The Hall–Kier alpha value is -2.66. The molecule has 0 aliphatic heterocycles. The van der Waals surface area contributed by atoms with E-state index in [2.05, 4.69) is 4.98 Å². The van der Waals surface area contributed by atoms with Crippen molar-refractivity contribution in [3.8, 4) is 21.8 Å². The lowest BCUT2D eigenvalue weighted by molar-refractivity contribution is 0.0702. The van der Waals surface area contributed by atoms with Gasteiger partial charge in [-0.15, -0.1) is 11.3 Å². The summed E-state index contributed by atoms with van der Waals surface area (Å²) >= 11 is 1.18. The van der Waals surface area contributed by atoms with Gasteiger partial charge in [-0.1, -0.05) is 35.9 Å². The van der Waals surface area contributed by atoms with Gasteiger partial charge in [0.05, 0.1) is 5.69 Å². The molecule has 3 rings (SSSR count). The Morgan fingerprint density at radius 1 is 1.13 bits per heavy atom. The molecule has 116 valence electrons. The second-order valence-corrected chi connectivity index (χ2v) is 6.44. The van der Waals surface area contributed by atoms with Crippen molar-refractivity contribution in [2.24, 2.45) is 0 Å². The first-order valence-corrected chi connectivity index (χ1v) is 7.95. The fourth-order valence-corrected chi connectivity index (χ4v) is 3.27. The highest BCUT2D eigenvalue weighted by Crippen LogP contribution is 2.35. The van der Waals surface area contributed by atoms with Crippen molar-refractivity contribution >= 4 is 23.0 Å². The molecule has 0 radical (unpaired) electrons. The molecule has 2 aromatic carbocycles. The average Bonchev–Trinajstić information content (AvgIpc) is 2.95. The van der Waals surface area contributed by atoms with Gasteiger partial charge >= 0.3 is 5.97 Å². The third-order valence-corrected chi connectivity index (χ3v) is 4.73. The monoisotopic (exact) mass is 324 g/mol. The van der Waals surface area contributed by atoms with Crippen LogP contribution in [-0.2, 0) is 0 Å². The van der Waals surface area contributed by atoms with Gasteiger partial charge < -0.3 is 10.8 Å². The summed E-state index contributed by atoms with van der Waals surface area (Å²) in [6.45, 7) is 3.91. The first-order valence-electron chi connectivity index (χ1n) is 7.13. The van der Waals surface area contributed by atoms with E-state index in [1.54, 1.807) is 6.07 Å². The Morgan fingerprint density at radius 2 is 1.91 bits per heavy atom. The second-order valence-electron chi connectivity index (χ2n) is 5.44. The number of aromatic nitrogens is 1.